The topological polar surface area (TPSA) is 101 Å². The zero-order valence-corrected chi connectivity index (χ0v) is 10.5. The Morgan fingerprint density at radius 1 is 1.44 bits per heavy atom. The summed E-state index contributed by atoms with van der Waals surface area (Å²) in [5, 5.41) is 13.1. The van der Waals surface area contributed by atoms with E-state index in [1.807, 2.05) is 0 Å². The minimum Gasteiger partial charge on any atom is -0.358 e. The van der Waals surface area contributed by atoms with Crippen LogP contribution in [0.25, 0.3) is 0 Å². The van der Waals surface area contributed by atoms with Crippen LogP contribution in [0.15, 0.2) is 35.1 Å². The van der Waals surface area contributed by atoms with Gasteiger partial charge in [-0.2, -0.15) is 0 Å². The van der Waals surface area contributed by atoms with Crippen molar-refractivity contribution >= 4 is 33.3 Å². The molecule has 1 amide bonds. The van der Waals surface area contributed by atoms with Gasteiger partial charge in [-0.25, -0.2) is 4.98 Å². The number of halogens is 1. The van der Waals surface area contributed by atoms with Gasteiger partial charge in [0.15, 0.2) is 5.69 Å². The summed E-state index contributed by atoms with van der Waals surface area (Å²) in [6.45, 7) is 0. The Morgan fingerprint density at radius 3 is 2.83 bits per heavy atom. The molecule has 2 N–H and O–H groups in total. The summed E-state index contributed by atoms with van der Waals surface area (Å²) in [5.41, 5.74) is 0.651. The quantitative estimate of drug-likeness (QED) is 0.671. The number of nitrogens with one attached hydrogen (secondary N) is 2. The van der Waals surface area contributed by atoms with E-state index in [1.54, 1.807) is 6.07 Å². The molecule has 0 saturated carbocycles. The molecular weight excluding hydrogens is 304 g/mol. The van der Waals surface area contributed by atoms with Crippen LogP contribution in [0, 0.1) is 10.1 Å². The molecule has 8 heteroatoms. The molecule has 2 heterocycles. The molecule has 2 rings (SSSR count). The standard InChI is InChI=1S/C10H7BrN4O3/c11-6-5-12-4-3-7(6)14-10(16)8-1-2-9(13-8)15(17)18/h1-5,13H,(H,12,14,16). The predicted molar refractivity (Wildman–Crippen MR) is 67.3 cm³/mol. The minimum absolute atomic E-state index is 0.116. The van der Waals surface area contributed by atoms with Crippen LogP contribution in [0.4, 0.5) is 11.5 Å². The summed E-state index contributed by atoms with van der Waals surface area (Å²) >= 11 is 3.23. The molecule has 7 nitrogen and oxygen atoms in total. The van der Waals surface area contributed by atoms with E-state index in [9.17, 15) is 14.9 Å². The van der Waals surface area contributed by atoms with Gasteiger partial charge in [-0.3, -0.25) is 9.78 Å². The van der Waals surface area contributed by atoms with Gasteiger partial charge in [0.05, 0.1) is 10.2 Å². The van der Waals surface area contributed by atoms with Gasteiger partial charge < -0.3 is 15.4 Å². The predicted octanol–water partition coefficient (Wildman–Crippen LogP) is 2.33. The summed E-state index contributed by atoms with van der Waals surface area (Å²) in [5.74, 6) is -0.691. The number of hydrogen-bond donors (Lipinski definition) is 2. The fourth-order valence-electron chi connectivity index (χ4n) is 1.29. The van der Waals surface area contributed by atoms with Crippen LogP contribution in [-0.4, -0.2) is 20.8 Å². The molecule has 18 heavy (non-hydrogen) atoms. The molecule has 0 aliphatic rings. The highest BCUT2D eigenvalue weighted by atomic mass is 79.9. The van der Waals surface area contributed by atoms with Crippen molar-refractivity contribution in [1.82, 2.24) is 9.97 Å². The molecule has 2 aromatic heterocycles. The molecule has 0 aromatic carbocycles. The first kappa shape index (κ1) is 12.2. The van der Waals surface area contributed by atoms with Crippen LogP contribution in [0.1, 0.15) is 10.5 Å². The third-order valence-electron chi connectivity index (χ3n) is 2.13. The maximum atomic E-state index is 11.8. The lowest BCUT2D eigenvalue weighted by Gasteiger charge is -2.03. The molecule has 92 valence electrons. The monoisotopic (exact) mass is 310 g/mol. The second-order valence-corrected chi connectivity index (χ2v) is 4.18. The SMILES string of the molecule is O=C(Nc1ccncc1Br)c1ccc([N+](=O)[O-])[nH]1. The lowest BCUT2D eigenvalue weighted by molar-refractivity contribution is -0.389. The minimum atomic E-state index is -0.598. The van der Waals surface area contributed by atoms with E-state index in [0.29, 0.717) is 10.2 Å². The highest BCUT2D eigenvalue weighted by Gasteiger charge is 2.16. The number of aromatic nitrogens is 2. The molecule has 0 fully saturated rings. The van der Waals surface area contributed by atoms with E-state index < -0.39 is 10.8 Å². The van der Waals surface area contributed by atoms with Crippen molar-refractivity contribution in [3.05, 3.63) is 50.9 Å². The number of nitro groups is 1. The molecular formula is C10H7BrN4O3. The van der Waals surface area contributed by atoms with E-state index >= 15 is 0 Å². The second kappa shape index (κ2) is 4.96. The van der Waals surface area contributed by atoms with Gasteiger partial charge in [0.25, 0.3) is 5.91 Å². The van der Waals surface area contributed by atoms with Crippen LogP contribution in [-0.2, 0) is 0 Å². The summed E-state index contributed by atoms with van der Waals surface area (Å²) in [7, 11) is 0. The van der Waals surface area contributed by atoms with Crippen molar-refractivity contribution in [2.24, 2.45) is 0 Å². The van der Waals surface area contributed by atoms with Crippen LogP contribution >= 0.6 is 15.9 Å². The van der Waals surface area contributed by atoms with Crippen molar-refractivity contribution < 1.29 is 9.72 Å². The molecule has 0 unspecified atom stereocenters. The number of carbonyl (C=O) groups excluding carboxylic acids is 1. The van der Waals surface area contributed by atoms with E-state index in [2.05, 4.69) is 31.2 Å². The van der Waals surface area contributed by atoms with Gasteiger partial charge in [-0.15, -0.1) is 0 Å². The lowest BCUT2D eigenvalue weighted by Crippen LogP contribution is -2.12. The van der Waals surface area contributed by atoms with E-state index in [0.717, 1.165) is 0 Å². The summed E-state index contributed by atoms with van der Waals surface area (Å²) in [6, 6.07) is 4.19. The molecule has 0 aliphatic carbocycles. The number of hydrogen-bond acceptors (Lipinski definition) is 4. The van der Waals surface area contributed by atoms with Gasteiger partial charge in [0, 0.05) is 18.5 Å². The highest BCUT2D eigenvalue weighted by molar-refractivity contribution is 9.10. The molecule has 0 spiro atoms. The zero-order chi connectivity index (χ0) is 13.1. The Hall–Kier alpha value is -2.22. The lowest BCUT2D eigenvalue weighted by atomic mass is 10.3. The smallest absolute Gasteiger partial charge is 0.321 e. The Kier molecular flexibility index (Phi) is 3.38. The number of anilines is 1. The van der Waals surface area contributed by atoms with E-state index in [-0.39, 0.29) is 11.5 Å². The van der Waals surface area contributed by atoms with Gasteiger partial charge >= 0.3 is 5.82 Å². The molecule has 0 saturated heterocycles. The number of amides is 1. The third kappa shape index (κ3) is 2.54. The largest absolute Gasteiger partial charge is 0.358 e. The van der Waals surface area contributed by atoms with E-state index in [4.69, 9.17) is 0 Å². The van der Waals surface area contributed by atoms with E-state index in [1.165, 1.54) is 24.5 Å². The fourth-order valence-corrected chi connectivity index (χ4v) is 1.64. The van der Waals surface area contributed by atoms with Crippen LogP contribution < -0.4 is 5.32 Å². The third-order valence-corrected chi connectivity index (χ3v) is 2.76. The van der Waals surface area contributed by atoms with Crippen molar-refractivity contribution in [1.29, 1.82) is 0 Å². The summed E-state index contributed by atoms with van der Waals surface area (Å²) < 4.78 is 0.624. The summed E-state index contributed by atoms with van der Waals surface area (Å²) in [6.07, 6.45) is 3.06. The first-order valence-electron chi connectivity index (χ1n) is 4.82. The molecule has 0 radical (unpaired) electrons. The average Bonchev–Trinajstić information content (AvgIpc) is 2.81. The number of rotatable bonds is 3. The van der Waals surface area contributed by atoms with Crippen molar-refractivity contribution in [3.8, 4) is 0 Å². The molecule has 0 aliphatic heterocycles. The molecule has 0 bridgehead atoms. The van der Waals surface area contributed by atoms with Crippen LogP contribution in [0.5, 0.6) is 0 Å². The first-order chi connectivity index (χ1) is 8.58. The molecule has 2 aromatic rings. The first-order valence-corrected chi connectivity index (χ1v) is 5.61. The van der Waals surface area contributed by atoms with Gasteiger partial charge in [-0.1, -0.05) is 0 Å². The van der Waals surface area contributed by atoms with Crippen molar-refractivity contribution in [2.45, 2.75) is 0 Å². The Bertz CT molecular complexity index is 611. The summed E-state index contributed by atoms with van der Waals surface area (Å²) in [4.78, 5) is 27.9. The molecule has 0 atom stereocenters. The van der Waals surface area contributed by atoms with Gasteiger partial charge in [-0.05, 0) is 33.0 Å². The van der Waals surface area contributed by atoms with Crippen LogP contribution in [0.2, 0.25) is 0 Å². The maximum absolute atomic E-state index is 11.8. The Labute approximate surface area is 110 Å². The zero-order valence-electron chi connectivity index (χ0n) is 8.88. The number of H-pyrrole nitrogens is 1. The number of pyridine rings is 1. The van der Waals surface area contributed by atoms with Crippen LogP contribution in [0.3, 0.4) is 0 Å². The number of aromatic amines is 1. The number of carbonyl (C=O) groups is 1. The van der Waals surface area contributed by atoms with Crippen molar-refractivity contribution in [3.63, 3.8) is 0 Å². The highest BCUT2D eigenvalue weighted by Crippen LogP contribution is 2.21. The fraction of sp³-hybridized carbons (Fsp3) is 0. The number of nitrogens with zero attached hydrogens (tertiary/aromatic N) is 2. The Morgan fingerprint density at radius 2 is 2.22 bits per heavy atom. The second-order valence-electron chi connectivity index (χ2n) is 3.32. The maximum Gasteiger partial charge on any atom is 0.321 e. The normalized spacial score (nSPS) is 10.1. The Balaban J connectivity index is 2.17. The average molecular weight is 311 g/mol. The van der Waals surface area contributed by atoms with Crippen molar-refractivity contribution in [2.75, 3.05) is 5.32 Å². The van der Waals surface area contributed by atoms with Gasteiger partial charge in [0.1, 0.15) is 0 Å². The van der Waals surface area contributed by atoms with Gasteiger partial charge in [0.2, 0.25) is 0 Å².